The molecule has 0 atom stereocenters. The summed E-state index contributed by atoms with van der Waals surface area (Å²) in [5.74, 6) is -2.01. The second-order valence-electron chi connectivity index (χ2n) is 5.44. The minimum atomic E-state index is -4.70. The first kappa shape index (κ1) is 17.5. The molecule has 0 aliphatic rings. The van der Waals surface area contributed by atoms with Crippen molar-refractivity contribution >= 4 is 17.0 Å². The molecule has 26 heavy (non-hydrogen) atoms. The Kier molecular flexibility index (Phi) is 4.63. The van der Waals surface area contributed by atoms with Crippen LogP contribution in [0.15, 0.2) is 48.5 Å². The fraction of sp³-hybridized carbons (Fsp3) is 0.167. The predicted molar refractivity (Wildman–Crippen MR) is 85.7 cm³/mol. The molecule has 0 aliphatic carbocycles. The van der Waals surface area contributed by atoms with E-state index in [0.717, 1.165) is 4.57 Å². The van der Waals surface area contributed by atoms with Gasteiger partial charge in [0.15, 0.2) is 0 Å². The van der Waals surface area contributed by atoms with Crippen molar-refractivity contribution in [2.24, 2.45) is 0 Å². The molecule has 0 unspecified atom stereocenters. The number of esters is 1. The van der Waals surface area contributed by atoms with E-state index < -0.39 is 24.5 Å². The van der Waals surface area contributed by atoms with Gasteiger partial charge >= 0.3 is 12.1 Å². The lowest BCUT2D eigenvalue weighted by Gasteiger charge is -2.11. The molecule has 0 radical (unpaired) electrons. The number of aromatic nitrogens is 2. The van der Waals surface area contributed by atoms with E-state index in [1.54, 1.807) is 36.4 Å². The molecule has 0 fully saturated rings. The van der Waals surface area contributed by atoms with Gasteiger partial charge in [0.1, 0.15) is 13.2 Å². The quantitative estimate of drug-likeness (QED) is 0.667. The van der Waals surface area contributed by atoms with E-state index in [1.165, 1.54) is 12.1 Å². The highest BCUT2D eigenvalue weighted by molar-refractivity contribution is 5.79. The van der Waals surface area contributed by atoms with Crippen molar-refractivity contribution < 1.29 is 22.7 Å². The lowest BCUT2D eigenvalue weighted by Crippen LogP contribution is -2.20. The highest BCUT2D eigenvalue weighted by atomic mass is 19.4. The number of fused-ring (bicyclic) bond motifs is 1. The van der Waals surface area contributed by atoms with Gasteiger partial charge in [-0.15, -0.1) is 0 Å². The van der Waals surface area contributed by atoms with Gasteiger partial charge in [-0.3, -0.25) is 4.79 Å². The second kappa shape index (κ2) is 6.88. The van der Waals surface area contributed by atoms with Gasteiger partial charge in [0, 0.05) is 5.56 Å². The zero-order valence-corrected chi connectivity index (χ0v) is 13.3. The Labute approximate surface area is 146 Å². The molecular weight excluding hydrogens is 347 g/mol. The molecule has 1 aromatic heterocycles. The Bertz CT molecular complexity index is 1000. The average molecular weight is 359 g/mol. The zero-order chi connectivity index (χ0) is 18.7. The van der Waals surface area contributed by atoms with E-state index >= 15 is 0 Å². The molecular formula is C18H12F3N3O2. The predicted octanol–water partition coefficient (Wildman–Crippen LogP) is 3.67. The third-order valence-corrected chi connectivity index (χ3v) is 3.72. The maximum absolute atomic E-state index is 13.2. The van der Waals surface area contributed by atoms with Crippen LogP contribution in [0.5, 0.6) is 0 Å². The van der Waals surface area contributed by atoms with Crippen LogP contribution in [0, 0.1) is 11.3 Å². The smallest absolute Gasteiger partial charge is 0.449 e. The number of carbonyl (C=O) groups excluding carboxylic acids is 1. The van der Waals surface area contributed by atoms with E-state index in [9.17, 15) is 18.0 Å². The Balaban J connectivity index is 1.82. The minimum Gasteiger partial charge on any atom is -0.459 e. The van der Waals surface area contributed by atoms with Crippen LogP contribution >= 0.6 is 0 Å². The number of para-hydroxylation sites is 2. The van der Waals surface area contributed by atoms with Crippen molar-refractivity contribution in [3.63, 3.8) is 0 Å². The van der Waals surface area contributed by atoms with Crippen molar-refractivity contribution in [2.75, 3.05) is 0 Å². The number of hydrogen-bond acceptors (Lipinski definition) is 4. The average Bonchev–Trinajstić information content (AvgIpc) is 2.99. The summed E-state index contributed by atoms with van der Waals surface area (Å²) in [5, 5.41) is 9.01. The Morgan fingerprint density at radius 3 is 2.58 bits per heavy atom. The fourth-order valence-corrected chi connectivity index (χ4v) is 2.54. The van der Waals surface area contributed by atoms with Crippen LogP contribution in [-0.4, -0.2) is 15.5 Å². The molecule has 0 saturated carbocycles. The van der Waals surface area contributed by atoms with E-state index in [0.29, 0.717) is 11.1 Å². The molecule has 0 saturated heterocycles. The summed E-state index contributed by atoms with van der Waals surface area (Å²) >= 11 is 0. The van der Waals surface area contributed by atoms with Crippen molar-refractivity contribution in [3.05, 3.63) is 65.5 Å². The third-order valence-electron chi connectivity index (χ3n) is 3.72. The molecule has 132 valence electrons. The molecule has 5 nitrogen and oxygen atoms in total. The van der Waals surface area contributed by atoms with Gasteiger partial charge in [-0.25, -0.2) is 4.98 Å². The molecule has 0 N–H and O–H groups in total. The van der Waals surface area contributed by atoms with E-state index in [-0.39, 0.29) is 17.6 Å². The van der Waals surface area contributed by atoms with Crippen molar-refractivity contribution in [1.82, 2.24) is 9.55 Å². The molecule has 0 amide bonds. The van der Waals surface area contributed by atoms with Crippen LogP contribution < -0.4 is 0 Å². The van der Waals surface area contributed by atoms with Gasteiger partial charge in [0.05, 0.1) is 22.7 Å². The van der Waals surface area contributed by atoms with Gasteiger partial charge < -0.3 is 9.30 Å². The standard InChI is InChI=1S/C18H12F3N3O2/c19-18(20,21)17-23-14-7-3-4-8-15(14)24(17)10-16(25)26-11-13-6-2-1-5-12(13)9-22/h1-8H,10-11H2. The summed E-state index contributed by atoms with van der Waals surface area (Å²) in [7, 11) is 0. The summed E-state index contributed by atoms with van der Waals surface area (Å²) in [4.78, 5) is 15.7. The number of benzene rings is 2. The van der Waals surface area contributed by atoms with Crippen molar-refractivity contribution in [2.45, 2.75) is 19.3 Å². The summed E-state index contributed by atoms with van der Waals surface area (Å²) in [6.07, 6.45) is -4.70. The Morgan fingerprint density at radius 1 is 1.15 bits per heavy atom. The Hall–Kier alpha value is -3.34. The van der Waals surface area contributed by atoms with Gasteiger partial charge in [-0.2, -0.15) is 18.4 Å². The summed E-state index contributed by atoms with van der Waals surface area (Å²) in [6, 6.07) is 14.5. The molecule has 3 aromatic rings. The highest BCUT2D eigenvalue weighted by Gasteiger charge is 2.38. The number of carbonyl (C=O) groups is 1. The van der Waals surface area contributed by atoms with Crippen molar-refractivity contribution in [1.29, 1.82) is 5.26 Å². The number of nitriles is 1. The molecule has 0 aliphatic heterocycles. The molecule has 8 heteroatoms. The van der Waals surface area contributed by atoms with E-state index in [1.807, 2.05) is 6.07 Å². The van der Waals surface area contributed by atoms with E-state index in [2.05, 4.69) is 4.98 Å². The molecule has 1 heterocycles. The topological polar surface area (TPSA) is 67.9 Å². The van der Waals surface area contributed by atoms with Gasteiger partial charge in [-0.1, -0.05) is 30.3 Å². The first-order chi connectivity index (χ1) is 12.4. The first-order valence-corrected chi connectivity index (χ1v) is 7.56. The maximum Gasteiger partial charge on any atom is 0.449 e. The lowest BCUT2D eigenvalue weighted by molar-refractivity contribution is -0.151. The molecule has 2 aromatic carbocycles. The van der Waals surface area contributed by atoms with Gasteiger partial charge in [0.2, 0.25) is 5.82 Å². The molecule has 3 rings (SSSR count). The van der Waals surface area contributed by atoms with Crippen LogP contribution in [0.2, 0.25) is 0 Å². The number of halogens is 3. The number of imidazole rings is 1. The zero-order valence-electron chi connectivity index (χ0n) is 13.3. The van der Waals surface area contributed by atoms with Crippen LogP contribution in [0.1, 0.15) is 17.0 Å². The number of alkyl halides is 3. The first-order valence-electron chi connectivity index (χ1n) is 7.56. The summed E-state index contributed by atoms with van der Waals surface area (Å²) in [5.41, 5.74) is 1.15. The maximum atomic E-state index is 13.2. The van der Waals surface area contributed by atoms with Crippen LogP contribution in [0.25, 0.3) is 11.0 Å². The van der Waals surface area contributed by atoms with Gasteiger partial charge in [0.25, 0.3) is 0 Å². The van der Waals surface area contributed by atoms with Crippen LogP contribution in [0.3, 0.4) is 0 Å². The van der Waals surface area contributed by atoms with Crippen LogP contribution in [0.4, 0.5) is 13.2 Å². The largest absolute Gasteiger partial charge is 0.459 e. The molecule has 0 bridgehead atoms. The summed E-state index contributed by atoms with van der Waals surface area (Å²) in [6.45, 7) is -0.833. The SMILES string of the molecule is N#Cc1ccccc1COC(=O)Cn1c(C(F)(F)F)nc2ccccc21. The van der Waals surface area contributed by atoms with Crippen molar-refractivity contribution in [3.8, 4) is 6.07 Å². The summed E-state index contributed by atoms with van der Waals surface area (Å²) < 4.78 is 45.5. The van der Waals surface area contributed by atoms with E-state index in [4.69, 9.17) is 10.00 Å². The number of nitrogens with zero attached hydrogens (tertiary/aromatic N) is 3. The monoisotopic (exact) mass is 359 g/mol. The second-order valence-corrected chi connectivity index (χ2v) is 5.44. The molecule has 0 spiro atoms. The third kappa shape index (κ3) is 3.52. The van der Waals surface area contributed by atoms with Crippen LogP contribution in [-0.2, 0) is 28.9 Å². The number of rotatable bonds is 4. The lowest BCUT2D eigenvalue weighted by atomic mass is 10.1. The van der Waals surface area contributed by atoms with Gasteiger partial charge in [-0.05, 0) is 18.2 Å². The number of ether oxygens (including phenoxy) is 1. The Morgan fingerprint density at radius 2 is 1.85 bits per heavy atom. The normalized spacial score (nSPS) is 11.3. The number of hydrogen-bond donors (Lipinski definition) is 0. The minimum absolute atomic E-state index is 0.141. The fourth-order valence-electron chi connectivity index (χ4n) is 2.54. The highest BCUT2D eigenvalue weighted by Crippen LogP contribution is 2.31.